The topological polar surface area (TPSA) is 93.5 Å². The molecule has 2 aromatic rings. The Hall–Kier alpha value is -2.83. The predicted octanol–water partition coefficient (Wildman–Crippen LogP) is 1.71. The van der Waals surface area contributed by atoms with Crippen LogP contribution >= 0.6 is 0 Å². The van der Waals surface area contributed by atoms with E-state index in [-0.39, 0.29) is 5.82 Å². The number of nitrogens with one attached hydrogen (secondary N) is 2. The molecule has 21 heavy (non-hydrogen) atoms. The third kappa shape index (κ3) is 2.22. The zero-order valence-electron chi connectivity index (χ0n) is 11.5. The molecule has 2 amide bonds. The Bertz CT molecular complexity index is 711. The van der Waals surface area contributed by atoms with Crippen LogP contribution in [-0.4, -0.2) is 22.6 Å². The van der Waals surface area contributed by atoms with Gasteiger partial charge in [-0.1, -0.05) is 11.2 Å². The number of ether oxygens (including phenoxy) is 1. The van der Waals surface area contributed by atoms with E-state index in [2.05, 4.69) is 20.3 Å². The summed E-state index contributed by atoms with van der Waals surface area (Å²) < 4.78 is 10.2. The average molecular weight is 287 g/mol. The first-order valence-electron chi connectivity index (χ1n) is 6.32. The molecule has 0 radical (unpaired) electrons. The van der Waals surface area contributed by atoms with Gasteiger partial charge in [-0.25, -0.2) is 0 Å². The summed E-state index contributed by atoms with van der Waals surface area (Å²) in [5, 5.41) is 8.73. The standard InChI is InChI=1S/C14H13N3O4/c1-8-3-4-10-9(7-8)15-12(18)14(2,21-10)13(19)16-11-5-6-20-17-11/h3-7H,1-2H3,(H,15,18)(H,16,17,19)/t14-/m0/s1. The van der Waals surface area contributed by atoms with Crippen LogP contribution in [0.1, 0.15) is 12.5 Å². The number of hydrogen-bond acceptors (Lipinski definition) is 5. The van der Waals surface area contributed by atoms with Crippen molar-refractivity contribution in [2.45, 2.75) is 19.4 Å². The van der Waals surface area contributed by atoms with Gasteiger partial charge in [0.2, 0.25) is 0 Å². The Labute approximate surface area is 120 Å². The molecule has 7 heteroatoms. The summed E-state index contributed by atoms with van der Waals surface area (Å²) in [5.41, 5.74) is -0.152. The van der Waals surface area contributed by atoms with E-state index in [1.807, 2.05) is 13.0 Å². The number of aromatic nitrogens is 1. The quantitative estimate of drug-likeness (QED) is 0.820. The van der Waals surface area contributed by atoms with Gasteiger partial charge in [-0.2, -0.15) is 0 Å². The number of amides is 2. The van der Waals surface area contributed by atoms with Gasteiger partial charge in [0.1, 0.15) is 12.0 Å². The van der Waals surface area contributed by atoms with Gasteiger partial charge in [0.25, 0.3) is 17.4 Å². The van der Waals surface area contributed by atoms with Gasteiger partial charge in [-0.3, -0.25) is 9.59 Å². The maximum Gasteiger partial charge on any atom is 0.279 e. The molecule has 7 nitrogen and oxygen atoms in total. The molecular weight excluding hydrogens is 274 g/mol. The average Bonchev–Trinajstić information content (AvgIpc) is 2.93. The molecular formula is C14H13N3O4. The zero-order valence-corrected chi connectivity index (χ0v) is 11.5. The van der Waals surface area contributed by atoms with Gasteiger partial charge in [0.15, 0.2) is 5.82 Å². The first kappa shape index (κ1) is 13.2. The summed E-state index contributed by atoms with van der Waals surface area (Å²) in [5.74, 6) is -0.507. The minimum absolute atomic E-state index is 0.215. The highest BCUT2D eigenvalue weighted by molar-refractivity contribution is 6.18. The lowest BCUT2D eigenvalue weighted by molar-refractivity contribution is -0.143. The Morgan fingerprint density at radius 2 is 2.19 bits per heavy atom. The van der Waals surface area contributed by atoms with Crippen LogP contribution in [0, 0.1) is 6.92 Å². The van der Waals surface area contributed by atoms with Gasteiger partial charge in [-0.15, -0.1) is 0 Å². The number of rotatable bonds is 2. The molecule has 0 saturated carbocycles. The second kappa shape index (κ2) is 4.62. The second-order valence-corrected chi connectivity index (χ2v) is 4.93. The number of anilines is 2. The Morgan fingerprint density at radius 3 is 2.90 bits per heavy atom. The molecule has 108 valence electrons. The second-order valence-electron chi connectivity index (χ2n) is 4.93. The molecule has 1 aliphatic rings. The first-order valence-corrected chi connectivity index (χ1v) is 6.32. The number of carbonyl (C=O) groups is 2. The molecule has 0 unspecified atom stereocenters. The van der Waals surface area contributed by atoms with E-state index in [4.69, 9.17) is 4.74 Å². The SMILES string of the molecule is Cc1ccc2c(c1)NC(=O)[C@@](C)(C(=O)Nc1ccon1)O2. The van der Waals surface area contributed by atoms with Crippen LogP contribution in [0.4, 0.5) is 11.5 Å². The van der Waals surface area contributed by atoms with Gasteiger partial charge in [0, 0.05) is 6.07 Å². The molecule has 2 N–H and O–H groups in total. The summed E-state index contributed by atoms with van der Waals surface area (Å²) in [4.78, 5) is 24.5. The molecule has 1 aliphatic heterocycles. The Morgan fingerprint density at radius 1 is 1.38 bits per heavy atom. The summed E-state index contributed by atoms with van der Waals surface area (Å²) in [6.45, 7) is 3.30. The largest absolute Gasteiger partial charge is 0.466 e. The lowest BCUT2D eigenvalue weighted by Crippen LogP contribution is -2.56. The molecule has 0 fully saturated rings. The van der Waals surface area contributed by atoms with E-state index in [1.165, 1.54) is 19.3 Å². The molecule has 1 aromatic heterocycles. The highest BCUT2D eigenvalue weighted by atomic mass is 16.5. The summed E-state index contributed by atoms with van der Waals surface area (Å²) in [6.07, 6.45) is 1.32. The maximum atomic E-state index is 12.3. The van der Waals surface area contributed by atoms with Gasteiger partial charge in [-0.05, 0) is 31.5 Å². The highest BCUT2D eigenvalue weighted by Gasteiger charge is 2.47. The fourth-order valence-corrected chi connectivity index (χ4v) is 2.00. The van der Waals surface area contributed by atoms with Gasteiger partial charge in [0.05, 0.1) is 5.69 Å². The van der Waals surface area contributed by atoms with E-state index >= 15 is 0 Å². The minimum Gasteiger partial charge on any atom is -0.466 e. The third-order valence-electron chi connectivity index (χ3n) is 3.24. The number of nitrogens with zero attached hydrogens (tertiary/aromatic N) is 1. The van der Waals surface area contributed by atoms with Crippen LogP contribution in [0.15, 0.2) is 35.1 Å². The van der Waals surface area contributed by atoms with Crippen molar-refractivity contribution >= 4 is 23.3 Å². The fraction of sp³-hybridized carbons (Fsp3) is 0.214. The van der Waals surface area contributed by atoms with Crippen molar-refractivity contribution in [2.24, 2.45) is 0 Å². The number of carbonyl (C=O) groups excluding carboxylic acids is 2. The van der Waals surface area contributed by atoms with Crippen LogP contribution in [-0.2, 0) is 9.59 Å². The Kier molecular flexibility index (Phi) is 2.90. The molecule has 0 spiro atoms. The fourth-order valence-electron chi connectivity index (χ4n) is 2.00. The number of aryl methyl sites for hydroxylation is 1. The maximum absolute atomic E-state index is 12.3. The molecule has 1 aromatic carbocycles. The van der Waals surface area contributed by atoms with Crippen molar-refractivity contribution in [2.75, 3.05) is 10.6 Å². The summed E-state index contributed by atoms with van der Waals surface area (Å²) >= 11 is 0. The van der Waals surface area contributed by atoms with Crippen LogP contribution < -0.4 is 15.4 Å². The lowest BCUT2D eigenvalue weighted by atomic mass is 10.0. The molecule has 3 rings (SSSR count). The monoisotopic (exact) mass is 287 g/mol. The Balaban J connectivity index is 1.89. The lowest BCUT2D eigenvalue weighted by Gasteiger charge is -2.33. The molecule has 0 saturated heterocycles. The van der Waals surface area contributed by atoms with Crippen molar-refractivity contribution in [3.8, 4) is 5.75 Å². The van der Waals surface area contributed by atoms with Crippen LogP contribution in [0.2, 0.25) is 0 Å². The van der Waals surface area contributed by atoms with Gasteiger partial charge < -0.3 is 19.9 Å². The van der Waals surface area contributed by atoms with Crippen molar-refractivity contribution in [1.29, 1.82) is 0 Å². The smallest absolute Gasteiger partial charge is 0.279 e. The zero-order chi connectivity index (χ0) is 15.0. The van der Waals surface area contributed by atoms with E-state index in [0.717, 1.165) is 5.56 Å². The van der Waals surface area contributed by atoms with Crippen LogP contribution in [0.5, 0.6) is 5.75 Å². The summed E-state index contributed by atoms with van der Waals surface area (Å²) in [6, 6.07) is 6.81. The minimum atomic E-state index is -1.68. The number of hydrogen-bond donors (Lipinski definition) is 2. The summed E-state index contributed by atoms with van der Waals surface area (Å²) in [7, 11) is 0. The normalized spacial score (nSPS) is 20.2. The highest BCUT2D eigenvalue weighted by Crippen LogP contribution is 2.34. The van der Waals surface area contributed by atoms with Crippen molar-refractivity contribution in [1.82, 2.24) is 5.16 Å². The van der Waals surface area contributed by atoms with Crippen molar-refractivity contribution in [3.63, 3.8) is 0 Å². The third-order valence-corrected chi connectivity index (χ3v) is 3.24. The van der Waals surface area contributed by atoms with Crippen LogP contribution in [0.3, 0.4) is 0 Å². The number of benzene rings is 1. The molecule has 0 aliphatic carbocycles. The van der Waals surface area contributed by atoms with Crippen molar-refractivity contribution < 1.29 is 18.8 Å². The predicted molar refractivity (Wildman–Crippen MR) is 74.0 cm³/mol. The van der Waals surface area contributed by atoms with Crippen molar-refractivity contribution in [3.05, 3.63) is 36.1 Å². The molecule has 2 heterocycles. The first-order chi connectivity index (χ1) is 9.99. The number of fused-ring (bicyclic) bond motifs is 1. The van der Waals surface area contributed by atoms with Gasteiger partial charge >= 0.3 is 0 Å². The molecule has 1 atom stereocenters. The van der Waals surface area contributed by atoms with E-state index < -0.39 is 17.4 Å². The molecule has 0 bridgehead atoms. The van der Waals surface area contributed by atoms with E-state index in [9.17, 15) is 9.59 Å². The van der Waals surface area contributed by atoms with Crippen LogP contribution in [0.25, 0.3) is 0 Å². The van der Waals surface area contributed by atoms with E-state index in [0.29, 0.717) is 11.4 Å². The van der Waals surface area contributed by atoms with E-state index in [1.54, 1.807) is 12.1 Å².